The minimum atomic E-state index is 0.154. The monoisotopic (exact) mass is 349 g/mol. The predicted octanol–water partition coefficient (Wildman–Crippen LogP) is 4.32. The van der Waals surface area contributed by atoms with Crippen molar-refractivity contribution in [2.45, 2.75) is 33.4 Å². The number of ether oxygens (including phenoxy) is 1. The second-order valence-corrected chi connectivity index (χ2v) is 6.26. The first-order valence-corrected chi connectivity index (χ1v) is 8.62. The first-order chi connectivity index (χ1) is 12.6. The van der Waals surface area contributed by atoms with Crippen LogP contribution in [0.3, 0.4) is 0 Å². The van der Waals surface area contributed by atoms with Gasteiger partial charge in [0, 0.05) is 12.2 Å². The Hall–Kier alpha value is -3.15. The van der Waals surface area contributed by atoms with Crippen LogP contribution in [0.2, 0.25) is 0 Å². The molecule has 3 aromatic rings. The number of rotatable bonds is 7. The number of nitrogens with zero attached hydrogens (tertiary/aromatic N) is 3. The molecule has 0 radical (unpaired) electrons. The number of aromatic nitrogens is 3. The summed E-state index contributed by atoms with van der Waals surface area (Å²) in [6.45, 7) is 6.74. The van der Waals surface area contributed by atoms with Crippen LogP contribution in [0.25, 0.3) is 0 Å². The Morgan fingerprint density at radius 1 is 1.04 bits per heavy atom. The van der Waals surface area contributed by atoms with Crippen LogP contribution < -0.4 is 15.4 Å². The highest BCUT2D eigenvalue weighted by Gasteiger charge is 2.04. The van der Waals surface area contributed by atoms with Crippen LogP contribution in [0, 0.1) is 6.92 Å². The van der Waals surface area contributed by atoms with Crippen LogP contribution in [0.4, 0.5) is 17.5 Å². The Morgan fingerprint density at radius 2 is 1.81 bits per heavy atom. The lowest BCUT2D eigenvalue weighted by molar-refractivity contribution is 0.242. The van der Waals surface area contributed by atoms with Gasteiger partial charge in [-0.2, -0.15) is 10.1 Å². The van der Waals surface area contributed by atoms with Crippen molar-refractivity contribution in [3.8, 4) is 5.75 Å². The van der Waals surface area contributed by atoms with E-state index >= 15 is 0 Å². The SMILES string of the molecule is Cc1ccccc1CNc1nncc(Nc2ccc(OC(C)C)cc2)n1. The number of benzene rings is 2. The molecule has 2 N–H and O–H groups in total. The van der Waals surface area contributed by atoms with Crippen LogP contribution in [-0.4, -0.2) is 21.3 Å². The van der Waals surface area contributed by atoms with Crippen molar-refractivity contribution >= 4 is 17.5 Å². The van der Waals surface area contributed by atoms with Gasteiger partial charge < -0.3 is 15.4 Å². The first-order valence-electron chi connectivity index (χ1n) is 8.62. The van der Waals surface area contributed by atoms with Gasteiger partial charge in [0.15, 0.2) is 5.82 Å². The molecule has 0 atom stereocenters. The maximum absolute atomic E-state index is 5.65. The van der Waals surface area contributed by atoms with Gasteiger partial charge in [0.05, 0.1) is 12.3 Å². The quantitative estimate of drug-likeness (QED) is 0.662. The average Bonchev–Trinajstić information content (AvgIpc) is 2.63. The molecule has 0 saturated carbocycles. The second kappa shape index (κ2) is 8.29. The lowest BCUT2D eigenvalue weighted by atomic mass is 10.1. The molecule has 6 nitrogen and oxygen atoms in total. The smallest absolute Gasteiger partial charge is 0.244 e. The Morgan fingerprint density at radius 3 is 2.54 bits per heavy atom. The summed E-state index contributed by atoms with van der Waals surface area (Å²) in [6, 6.07) is 16.0. The van der Waals surface area contributed by atoms with Gasteiger partial charge in [-0.05, 0) is 56.2 Å². The molecule has 0 unspecified atom stereocenters. The fourth-order valence-corrected chi connectivity index (χ4v) is 2.46. The zero-order valence-electron chi connectivity index (χ0n) is 15.2. The van der Waals surface area contributed by atoms with E-state index in [1.54, 1.807) is 6.20 Å². The molecule has 0 saturated heterocycles. The summed E-state index contributed by atoms with van der Waals surface area (Å²) < 4.78 is 5.65. The minimum absolute atomic E-state index is 0.154. The number of hydrogen-bond donors (Lipinski definition) is 2. The molecule has 3 rings (SSSR count). The molecule has 0 bridgehead atoms. The highest BCUT2D eigenvalue weighted by molar-refractivity contribution is 5.57. The zero-order valence-corrected chi connectivity index (χ0v) is 15.2. The van der Waals surface area contributed by atoms with Gasteiger partial charge in [-0.3, -0.25) is 0 Å². The molecule has 0 aliphatic rings. The molecule has 134 valence electrons. The molecule has 0 fully saturated rings. The van der Waals surface area contributed by atoms with Crippen molar-refractivity contribution in [2.75, 3.05) is 10.6 Å². The van der Waals surface area contributed by atoms with E-state index in [0.717, 1.165) is 11.4 Å². The largest absolute Gasteiger partial charge is 0.491 e. The molecule has 0 amide bonds. The number of hydrogen-bond acceptors (Lipinski definition) is 6. The third-order valence-corrected chi connectivity index (χ3v) is 3.76. The van der Waals surface area contributed by atoms with Crippen molar-refractivity contribution in [1.82, 2.24) is 15.2 Å². The Kier molecular flexibility index (Phi) is 5.63. The molecule has 1 aromatic heterocycles. The fourth-order valence-electron chi connectivity index (χ4n) is 2.46. The number of aryl methyl sites for hydroxylation is 1. The van der Waals surface area contributed by atoms with E-state index in [1.165, 1.54) is 11.1 Å². The minimum Gasteiger partial charge on any atom is -0.491 e. The van der Waals surface area contributed by atoms with Gasteiger partial charge in [0.1, 0.15) is 5.75 Å². The Bertz CT molecular complexity index is 849. The molecule has 1 heterocycles. The van der Waals surface area contributed by atoms with Gasteiger partial charge in [0.25, 0.3) is 0 Å². The fraction of sp³-hybridized carbons (Fsp3) is 0.250. The third-order valence-electron chi connectivity index (χ3n) is 3.76. The van der Waals surface area contributed by atoms with E-state index in [9.17, 15) is 0 Å². The van der Waals surface area contributed by atoms with Crippen LogP contribution in [-0.2, 0) is 6.54 Å². The van der Waals surface area contributed by atoms with E-state index in [2.05, 4.69) is 44.9 Å². The summed E-state index contributed by atoms with van der Waals surface area (Å²) >= 11 is 0. The summed E-state index contributed by atoms with van der Waals surface area (Å²) in [5, 5.41) is 14.5. The first kappa shape index (κ1) is 17.7. The third kappa shape index (κ3) is 4.92. The molecule has 6 heteroatoms. The van der Waals surface area contributed by atoms with E-state index < -0.39 is 0 Å². The van der Waals surface area contributed by atoms with Crippen molar-refractivity contribution in [3.63, 3.8) is 0 Å². The summed E-state index contributed by atoms with van der Waals surface area (Å²) in [6.07, 6.45) is 1.75. The van der Waals surface area contributed by atoms with Gasteiger partial charge in [-0.15, -0.1) is 5.10 Å². The maximum Gasteiger partial charge on any atom is 0.244 e. The van der Waals surface area contributed by atoms with Gasteiger partial charge in [-0.1, -0.05) is 24.3 Å². The molecular formula is C20H23N5O. The van der Waals surface area contributed by atoms with Gasteiger partial charge in [-0.25, -0.2) is 0 Å². The van der Waals surface area contributed by atoms with E-state index in [0.29, 0.717) is 18.3 Å². The lowest BCUT2D eigenvalue weighted by Crippen LogP contribution is -2.07. The van der Waals surface area contributed by atoms with E-state index in [1.807, 2.05) is 50.2 Å². The molecule has 0 aliphatic heterocycles. The van der Waals surface area contributed by atoms with E-state index in [4.69, 9.17) is 4.74 Å². The standard InChI is InChI=1S/C20H23N5O/c1-14(2)26-18-10-8-17(9-11-18)23-19-13-22-25-20(24-19)21-12-16-7-5-4-6-15(16)3/h4-11,13-14H,12H2,1-3H3,(H2,21,23,24,25). The van der Waals surface area contributed by atoms with Crippen LogP contribution in [0.15, 0.2) is 54.7 Å². The van der Waals surface area contributed by atoms with Crippen LogP contribution in [0.5, 0.6) is 5.75 Å². The number of nitrogens with one attached hydrogen (secondary N) is 2. The number of anilines is 3. The van der Waals surface area contributed by atoms with Crippen LogP contribution in [0.1, 0.15) is 25.0 Å². The van der Waals surface area contributed by atoms with Gasteiger partial charge >= 0.3 is 0 Å². The predicted molar refractivity (Wildman–Crippen MR) is 104 cm³/mol. The van der Waals surface area contributed by atoms with Crippen molar-refractivity contribution in [2.24, 2.45) is 0 Å². The topological polar surface area (TPSA) is 72.0 Å². The summed E-state index contributed by atoms with van der Waals surface area (Å²) in [7, 11) is 0. The Labute approximate surface area is 153 Å². The normalized spacial score (nSPS) is 10.6. The van der Waals surface area contributed by atoms with Crippen LogP contribution >= 0.6 is 0 Å². The maximum atomic E-state index is 5.65. The summed E-state index contributed by atoms with van der Waals surface area (Å²) in [4.78, 5) is 4.46. The van der Waals surface area contributed by atoms with Crippen molar-refractivity contribution in [1.29, 1.82) is 0 Å². The summed E-state index contributed by atoms with van der Waals surface area (Å²) in [5.74, 6) is 1.95. The average molecular weight is 349 g/mol. The molecule has 2 aromatic carbocycles. The van der Waals surface area contributed by atoms with Crippen molar-refractivity contribution in [3.05, 3.63) is 65.9 Å². The van der Waals surface area contributed by atoms with Crippen molar-refractivity contribution < 1.29 is 4.74 Å². The summed E-state index contributed by atoms with van der Waals surface area (Å²) in [5.41, 5.74) is 3.34. The highest BCUT2D eigenvalue weighted by atomic mass is 16.5. The molecule has 0 aliphatic carbocycles. The zero-order chi connectivity index (χ0) is 18.4. The molecule has 0 spiro atoms. The molecule has 26 heavy (non-hydrogen) atoms. The van der Waals surface area contributed by atoms with E-state index in [-0.39, 0.29) is 6.10 Å². The van der Waals surface area contributed by atoms with Gasteiger partial charge in [0.2, 0.25) is 5.95 Å². The molecular weight excluding hydrogens is 326 g/mol. The second-order valence-electron chi connectivity index (χ2n) is 6.26. The highest BCUT2D eigenvalue weighted by Crippen LogP contribution is 2.20. The Balaban J connectivity index is 1.63. The lowest BCUT2D eigenvalue weighted by Gasteiger charge is -2.11.